The number of benzene rings is 5. The molecule has 5 aromatic carbocycles. The van der Waals surface area contributed by atoms with Gasteiger partial charge in [-0.15, -0.1) is 0 Å². The van der Waals surface area contributed by atoms with Gasteiger partial charge in [-0.3, -0.25) is 0 Å². The van der Waals surface area contributed by atoms with E-state index in [0.717, 1.165) is 5.02 Å². The summed E-state index contributed by atoms with van der Waals surface area (Å²) in [6.07, 6.45) is 0. The first-order chi connectivity index (χ1) is 17.8. The summed E-state index contributed by atoms with van der Waals surface area (Å²) >= 11 is 6.72. The zero-order valence-corrected chi connectivity index (χ0v) is 22.6. The number of hydrogen-bond acceptors (Lipinski definition) is 0. The van der Waals surface area contributed by atoms with Crippen molar-refractivity contribution in [1.29, 1.82) is 0 Å². The number of rotatable bonds is 3. The average Bonchev–Trinajstić information content (AvgIpc) is 3.19. The van der Waals surface area contributed by atoms with Gasteiger partial charge in [-0.2, -0.15) is 0 Å². The second-order valence-electron chi connectivity index (χ2n) is 11.2. The molecule has 0 nitrogen and oxygen atoms in total. The Labute approximate surface area is 225 Å². The predicted octanol–water partition coefficient (Wildman–Crippen LogP) is 9.98. The van der Waals surface area contributed by atoms with Gasteiger partial charge in [-0.1, -0.05) is 136 Å². The lowest BCUT2D eigenvalue weighted by atomic mass is 9.66. The molecule has 0 saturated carbocycles. The minimum atomic E-state index is -0.482. The molecule has 0 N–H and O–H groups in total. The first-order valence-corrected chi connectivity index (χ1v) is 13.4. The van der Waals surface area contributed by atoms with E-state index in [1.807, 2.05) is 6.07 Å². The van der Waals surface area contributed by atoms with Crippen LogP contribution in [0.4, 0.5) is 0 Å². The molecule has 0 radical (unpaired) electrons. The van der Waals surface area contributed by atoms with Crippen molar-refractivity contribution in [3.63, 3.8) is 0 Å². The third kappa shape index (κ3) is 3.74. The fraction of sp³-hybridized carbons (Fsp3) is 0.167. The molecule has 5 aromatic rings. The first-order valence-electron chi connectivity index (χ1n) is 13.0. The van der Waals surface area contributed by atoms with E-state index in [-0.39, 0.29) is 5.41 Å². The lowest BCUT2D eigenvalue weighted by molar-refractivity contribution is 0.590. The lowest BCUT2D eigenvalue weighted by Gasteiger charge is -2.35. The highest BCUT2D eigenvalue weighted by Crippen LogP contribution is 2.59. The molecular formula is C36H31Cl. The third-order valence-corrected chi connectivity index (χ3v) is 8.04. The van der Waals surface area contributed by atoms with Crippen molar-refractivity contribution in [3.05, 3.63) is 154 Å². The van der Waals surface area contributed by atoms with Crippen LogP contribution >= 0.6 is 11.6 Å². The van der Waals surface area contributed by atoms with Gasteiger partial charge in [0.05, 0.1) is 5.41 Å². The molecule has 0 aliphatic heterocycles. The molecule has 6 rings (SSSR count). The van der Waals surface area contributed by atoms with Gasteiger partial charge in [0.2, 0.25) is 0 Å². The standard InChI is InChI=1S/C36H31Cl/c1-24-21-31(25-15-17-26(18-16-25)35(2,3)4)34-32(22-24)30-20-19-29(37)23-33(30)36(34,27-11-7-5-8-12-27)28-13-9-6-10-14-28/h5-23H,1-4H3. The summed E-state index contributed by atoms with van der Waals surface area (Å²) in [5.74, 6) is 0. The predicted molar refractivity (Wildman–Crippen MR) is 158 cm³/mol. The SMILES string of the molecule is Cc1cc(-c2ccc(C(C)(C)C)cc2)c2c(c1)-c1ccc(Cl)cc1C2(c1ccccc1)c1ccccc1. The van der Waals surface area contributed by atoms with Crippen LogP contribution < -0.4 is 0 Å². The lowest BCUT2D eigenvalue weighted by Crippen LogP contribution is -2.29. The summed E-state index contributed by atoms with van der Waals surface area (Å²) < 4.78 is 0. The quantitative estimate of drug-likeness (QED) is 0.227. The van der Waals surface area contributed by atoms with Gasteiger partial charge in [-0.25, -0.2) is 0 Å². The molecular weight excluding hydrogens is 468 g/mol. The van der Waals surface area contributed by atoms with Crippen LogP contribution in [0.1, 0.15) is 54.2 Å². The van der Waals surface area contributed by atoms with Gasteiger partial charge < -0.3 is 0 Å². The second-order valence-corrected chi connectivity index (χ2v) is 11.7. The molecule has 0 amide bonds. The van der Waals surface area contributed by atoms with E-state index in [4.69, 9.17) is 11.6 Å². The van der Waals surface area contributed by atoms with E-state index in [0.29, 0.717) is 0 Å². The summed E-state index contributed by atoms with van der Waals surface area (Å²) in [5, 5.41) is 0.760. The van der Waals surface area contributed by atoms with E-state index < -0.39 is 5.41 Å². The fourth-order valence-electron chi connectivity index (χ4n) is 6.12. The molecule has 0 fully saturated rings. The van der Waals surface area contributed by atoms with E-state index in [1.165, 1.54) is 55.6 Å². The van der Waals surface area contributed by atoms with Crippen molar-refractivity contribution in [1.82, 2.24) is 0 Å². The van der Waals surface area contributed by atoms with Crippen molar-refractivity contribution in [2.75, 3.05) is 0 Å². The molecule has 0 heterocycles. The van der Waals surface area contributed by atoms with Gasteiger partial charge in [0.1, 0.15) is 0 Å². The topological polar surface area (TPSA) is 0 Å². The van der Waals surface area contributed by atoms with Crippen molar-refractivity contribution in [2.24, 2.45) is 0 Å². The van der Waals surface area contributed by atoms with Gasteiger partial charge in [0.15, 0.2) is 0 Å². The van der Waals surface area contributed by atoms with E-state index in [9.17, 15) is 0 Å². The number of aryl methyl sites for hydroxylation is 1. The smallest absolute Gasteiger partial charge is 0.0720 e. The van der Waals surface area contributed by atoms with Crippen molar-refractivity contribution in [3.8, 4) is 22.3 Å². The number of fused-ring (bicyclic) bond motifs is 3. The van der Waals surface area contributed by atoms with Crippen LogP contribution in [0.25, 0.3) is 22.3 Å². The molecule has 0 saturated heterocycles. The van der Waals surface area contributed by atoms with Gasteiger partial charge in [0.25, 0.3) is 0 Å². The summed E-state index contributed by atoms with van der Waals surface area (Å²) in [7, 11) is 0. The van der Waals surface area contributed by atoms with Crippen LogP contribution in [-0.2, 0) is 10.8 Å². The third-order valence-electron chi connectivity index (χ3n) is 7.81. The molecule has 0 atom stereocenters. The summed E-state index contributed by atoms with van der Waals surface area (Å²) in [4.78, 5) is 0. The van der Waals surface area contributed by atoms with Crippen LogP contribution in [-0.4, -0.2) is 0 Å². The minimum absolute atomic E-state index is 0.109. The molecule has 0 unspecified atom stereocenters. The maximum Gasteiger partial charge on any atom is 0.0720 e. The van der Waals surface area contributed by atoms with Crippen molar-refractivity contribution >= 4 is 11.6 Å². The van der Waals surface area contributed by atoms with Crippen LogP contribution in [0.3, 0.4) is 0 Å². The molecule has 0 aromatic heterocycles. The highest BCUT2D eigenvalue weighted by molar-refractivity contribution is 6.30. The van der Waals surface area contributed by atoms with Gasteiger partial charge in [0, 0.05) is 5.02 Å². The molecule has 1 aliphatic carbocycles. The summed E-state index contributed by atoms with van der Waals surface area (Å²) in [6, 6.07) is 42.1. The number of halogens is 1. The van der Waals surface area contributed by atoms with Crippen molar-refractivity contribution < 1.29 is 0 Å². The average molecular weight is 499 g/mol. The maximum atomic E-state index is 6.72. The zero-order valence-electron chi connectivity index (χ0n) is 21.8. The monoisotopic (exact) mass is 498 g/mol. The van der Waals surface area contributed by atoms with Crippen LogP contribution in [0.2, 0.25) is 5.02 Å². The normalized spacial score (nSPS) is 13.8. The Morgan fingerprint density at radius 3 is 1.73 bits per heavy atom. The van der Waals surface area contributed by atoms with E-state index in [1.54, 1.807) is 0 Å². The second kappa shape index (κ2) is 8.75. The first kappa shape index (κ1) is 23.8. The van der Waals surface area contributed by atoms with Crippen LogP contribution in [0.5, 0.6) is 0 Å². The summed E-state index contributed by atoms with van der Waals surface area (Å²) in [5.41, 5.74) is 12.3. The molecule has 0 bridgehead atoms. The Kier molecular flexibility index (Phi) is 5.62. The Hall–Kier alpha value is -3.61. The molecule has 1 heteroatoms. The zero-order chi connectivity index (χ0) is 25.8. The minimum Gasteiger partial charge on any atom is -0.0843 e. The highest BCUT2D eigenvalue weighted by atomic mass is 35.5. The van der Waals surface area contributed by atoms with Gasteiger partial charge in [-0.05, 0) is 80.1 Å². The Balaban J connectivity index is 1.76. The fourth-order valence-corrected chi connectivity index (χ4v) is 6.29. The maximum absolute atomic E-state index is 6.72. The molecule has 1 aliphatic rings. The Morgan fingerprint density at radius 1 is 0.595 bits per heavy atom. The highest BCUT2D eigenvalue weighted by Gasteiger charge is 2.47. The summed E-state index contributed by atoms with van der Waals surface area (Å²) in [6.45, 7) is 9.00. The Bertz CT molecular complexity index is 1550. The van der Waals surface area contributed by atoms with E-state index in [2.05, 4.69) is 137 Å². The largest absolute Gasteiger partial charge is 0.0843 e. The van der Waals surface area contributed by atoms with E-state index >= 15 is 0 Å². The van der Waals surface area contributed by atoms with Gasteiger partial charge >= 0.3 is 0 Å². The van der Waals surface area contributed by atoms with Crippen LogP contribution in [0, 0.1) is 6.92 Å². The van der Waals surface area contributed by atoms with Crippen molar-refractivity contribution in [2.45, 2.75) is 38.5 Å². The number of hydrogen-bond donors (Lipinski definition) is 0. The van der Waals surface area contributed by atoms with Crippen LogP contribution in [0.15, 0.2) is 115 Å². The molecule has 0 spiro atoms. The Morgan fingerprint density at radius 2 is 1.16 bits per heavy atom. The molecule has 182 valence electrons. The molecule has 37 heavy (non-hydrogen) atoms.